The van der Waals surface area contributed by atoms with Gasteiger partial charge >= 0.3 is 0 Å². The molecular formula is C12H15Cl2NO4S. The highest BCUT2D eigenvalue weighted by Gasteiger charge is 2.16. The minimum atomic E-state index is -3.84. The molecular weight excluding hydrogens is 325 g/mol. The molecule has 112 valence electrons. The first kappa shape index (κ1) is 17.1. The van der Waals surface area contributed by atoms with Gasteiger partial charge < -0.3 is 10.1 Å². The highest BCUT2D eigenvalue weighted by molar-refractivity contribution is 8.13. The van der Waals surface area contributed by atoms with E-state index in [1.165, 1.54) is 18.2 Å². The third kappa shape index (κ3) is 5.56. The fourth-order valence-corrected chi connectivity index (χ4v) is 2.42. The molecule has 0 aliphatic carbocycles. The lowest BCUT2D eigenvalue weighted by molar-refractivity contribution is -0.124. The van der Waals surface area contributed by atoms with Gasteiger partial charge in [-0.25, -0.2) is 8.42 Å². The van der Waals surface area contributed by atoms with Gasteiger partial charge in [-0.15, -0.1) is 0 Å². The monoisotopic (exact) mass is 339 g/mol. The van der Waals surface area contributed by atoms with Crippen molar-refractivity contribution in [1.29, 1.82) is 0 Å². The molecule has 0 aliphatic heterocycles. The van der Waals surface area contributed by atoms with E-state index in [-0.39, 0.29) is 33.7 Å². The first-order chi connectivity index (χ1) is 8.99. The van der Waals surface area contributed by atoms with E-state index >= 15 is 0 Å². The van der Waals surface area contributed by atoms with E-state index in [9.17, 15) is 13.2 Å². The topological polar surface area (TPSA) is 72.5 Å². The van der Waals surface area contributed by atoms with E-state index in [1.54, 1.807) is 0 Å². The van der Waals surface area contributed by atoms with Crippen molar-refractivity contribution in [2.45, 2.75) is 31.2 Å². The minimum absolute atomic E-state index is 0.0651. The van der Waals surface area contributed by atoms with Crippen molar-refractivity contribution in [2.75, 3.05) is 6.61 Å². The number of ether oxygens (including phenoxy) is 1. The summed E-state index contributed by atoms with van der Waals surface area (Å²) in [6, 6.07) is 3.77. The SMILES string of the molecule is CC(C)(C)NC(=O)COc1ccc(S(=O)(=O)Cl)cc1Cl. The van der Waals surface area contributed by atoms with E-state index in [2.05, 4.69) is 5.32 Å². The number of carbonyl (C=O) groups is 1. The molecule has 1 amide bonds. The number of halogens is 2. The fourth-order valence-electron chi connectivity index (χ4n) is 1.35. The second-order valence-corrected chi connectivity index (χ2v) is 8.09. The summed E-state index contributed by atoms with van der Waals surface area (Å²) in [5, 5.41) is 2.79. The van der Waals surface area contributed by atoms with Crippen LogP contribution in [0, 0.1) is 0 Å². The molecule has 1 rings (SSSR count). The van der Waals surface area contributed by atoms with Crippen LogP contribution in [0.1, 0.15) is 20.8 Å². The van der Waals surface area contributed by atoms with Crippen LogP contribution >= 0.6 is 22.3 Å². The normalized spacial score (nSPS) is 12.1. The van der Waals surface area contributed by atoms with Gasteiger partial charge in [-0.2, -0.15) is 0 Å². The fraction of sp³-hybridized carbons (Fsp3) is 0.417. The summed E-state index contributed by atoms with van der Waals surface area (Å²) in [6.45, 7) is 5.32. The molecule has 0 atom stereocenters. The Kier molecular flexibility index (Phi) is 5.29. The van der Waals surface area contributed by atoms with Gasteiger partial charge in [0.15, 0.2) is 6.61 Å². The Morgan fingerprint density at radius 1 is 1.35 bits per heavy atom. The zero-order valence-corrected chi connectivity index (χ0v) is 13.6. The second kappa shape index (κ2) is 6.20. The van der Waals surface area contributed by atoms with Gasteiger partial charge in [0.25, 0.3) is 15.0 Å². The molecule has 0 bridgehead atoms. The van der Waals surface area contributed by atoms with Gasteiger partial charge in [0.05, 0.1) is 9.92 Å². The Hall–Kier alpha value is -0.980. The number of rotatable bonds is 4. The molecule has 0 unspecified atom stereocenters. The molecule has 20 heavy (non-hydrogen) atoms. The zero-order valence-electron chi connectivity index (χ0n) is 11.2. The second-order valence-electron chi connectivity index (χ2n) is 5.12. The van der Waals surface area contributed by atoms with Gasteiger partial charge in [-0.05, 0) is 39.0 Å². The van der Waals surface area contributed by atoms with Crippen molar-refractivity contribution >= 4 is 37.2 Å². The molecule has 0 spiro atoms. The Morgan fingerprint density at radius 3 is 2.40 bits per heavy atom. The molecule has 8 heteroatoms. The summed E-state index contributed by atoms with van der Waals surface area (Å²) in [7, 11) is 1.35. The highest BCUT2D eigenvalue weighted by Crippen LogP contribution is 2.28. The highest BCUT2D eigenvalue weighted by atomic mass is 35.7. The molecule has 0 heterocycles. The van der Waals surface area contributed by atoms with Gasteiger partial charge in [0.2, 0.25) is 0 Å². The first-order valence-electron chi connectivity index (χ1n) is 5.67. The average molecular weight is 340 g/mol. The number of hydrogen-bond acceptors (Lipinski definition) is 4. The molecule has 1 N–H and O–H groups in total. The zero-order chi connectivity index (χ0) is 15.6. The smallest absolute Gasteiger partial charge is 0.261 e. The van der Waals surface area contributed by atoms with Crippen molar-refractivity contribution in [3.8, 4) is 5.75 Å². The predicted octanol–water partition coefficient (Wildman–Crippen LogP) is 2.56. The van der Waals surface area contributed by atoms with Gasteiger partial charge in [-0.3, -0.25) is 4.79 Å². The van der Waals surface area contributed by atoms with E-state index in [0.29, 0.717) is 0 Å². The molecule has 0 saturated carbocycles. The van der Waals surface area contributed by atoms with E-state index in [4.69, 9.17) is 27.0 Å². The van der Waals surface area contributed by atoms with Crippen LogP contribution in [0.3, 0.4) is 0 Å². The van der Waals surface area contributed by atoms with E-state index in [1.807, 2.05) is 20.8 Å². The Labute approximate surface area is 127 Å². The number of hydrogen-bond donors (Lipinski definition) is 1. The maximum atomic E-state index is 11.6. The van der Waals surface area contributed by atoms with Crippen LogP contribution in [-0.4, -0.2) is 26.5 Å². The van der Waals surface area contributed by atoms with Crippen molar-refractivity contribution in [3.05, 3.63) is 23.2 Å². The van der Waals surface area contributed by atoms with Crippen LogP contribution in [0.4, 0.5) is 0 Å². The van der Waals surface area contributed by atoms with Crippen LogP contribution in [0.25, 0.3) is 0 Å². The lowest BCUT2D eigenvalue weighted by atomic mass is 10.1. The minimum Gasteiger partial charge on any atom is -0.482 e. The molecule has 0 fully saturated rings. The lowest BCUT2D eigenvalue weighted by Crippen LogP contribution is -2.43. The third-order valence-corrected chi connectivity index (χ3v) is 3.70. The molecule has 0 aliphatic rings. The largest absolute Gasteiger partial charge is 0.482 e. The summed E-state index contributed by atoms with van der Waals surface area (Å²) in [5.41, 5.74) is -0.360. The standard InChI is InChI=1S/C12H15Cl2NO4S/c1-12(2,3)15-11(16)7-19-10-5-4-8(6-9(10)13)20(14,17)18/h4-6H,7H2,1-3H3,(H,15,16). The van der Waals surface area contributed by atoms with Gasteiger partial charge in [0.1, 0.15) is 5.75 Å². The van der Waals surface area contributed by atoms with Crippen molar-refractivity contribution in [2.24, 2.45) is 0 Å². The molecule has 1 aromatic carbocycles. The average Bonchev–Trinajstić information content (AvgIpc) is 2.23. The molecule has 0 saturated heterocycles. The molecule has 1 aromatic rings. The van der Waals surface area contributed by atoms with Gasteiger partial charge in [0, 0.05) is 16.2 Å². The summed E-state index contributed by atoms with van der Waals surface area (Å²) < 4.78 is 27.5. The third-order valence-electron chi connectivity index (χ3n) is 2.06. The number of amides is 1. The molecule has 0 radical (unpaired) electrons. The molecule has 0 aromatic heterocycles. The van der Waals surface area contributed by atoms with Crippen molar-refractivity contribution in [3.63, 3.8) is 0 Å². The summed E-state index contributed by atoms with van der Waals surface area (Å²) in [4.78, 5) is 11.4. The molecule has 5 nitrogen and oxygen atoms in total. The van der Waals surface area contributed by atoms with Crippen molar-refractivity contribution in [1.82, 2.24) is 5.32 Å². The first-order valence-corrected chi connectivity index (χ1v) is 8.36. The predicted molar refractivity (Wildman–Crippen MR) is 77.9 cm³/mol. The maximum Gasteiger partial charge on any atom is 0.261 e. The maximum absolute atomic E-state index is 11.6. The lowest BCUT2D eigenvalue weighted by Gasteiger charge is -2.20. The quantitative estimate of drug-likeness (QED) is 0.855. The summed E-state index contributed by atoms with van der Waals surface area (Å²) in [5.74, 6) is -0.0950. The Morgan fingerprint density at radius 2 is 1.95 bits per heavy atom. The van der Waals surface area contributed by atoms with Crippen LogP contribution in [0.5, 0.6) is 5.75 Å². The number of nitrogens with one attached hydrogen (secondary N) is 1. The van der Waals surface area contributed by atoms with Crippen LogP contribution in [0.15, 0.2) is 23.1 Å². The number of carbonyl (C=O) groups excluding carboxylic acids is 1. The van der Waals surface area contributed by atoms with Crippen LogP contribution in [0.2, 0.25) is 5.02 Å². The van der Waals surface area contributed by atoms with Gasteiger partial charge in [-0.1, -0.05) is 11.6 Å². The Bertz CT molecular complexity index is 608. The summed E-state index contributed by atoms with van der Waals surface area (Å²) in [6.07, 6.45) is 0. The summed E-state index contributed by atoms with van der Waals surface area (Å²) >= 11 is 5.87. The van der Waals surface area contributed by atoms with E-state index < -0.39 is 9.05 Å². The van der Waals surface area contributed by atoms with Crippen LogP contribution < -0.4 is 10.1 Å². The van der Waals surface area contributed by atoms with E-state index in [0.717, 1.165) is 0 Å². The van der Waals surface area contributed by atoms with Crippen molar-refractivity contribution < 1.29 is 17.9 Å². The number of benzene rings is 1. The van der Waals surface area contributed by atoms with Crippen LogP contribution in [-0.2, 0) is 13.8 Å². The Balaban J connectivity index is 2.73.